The Morgan fingerprint density at radius 2 is 1.80 bits per heavy atom. The van der Waals surface area contributed by atoms with Gasteiger partial charge in [0.25, 0.3) is 0 Å². The average Bonchev–Trinajstić information content (AvgIpc) is 2.52. The SMILES string of the molecule is CCCCC[C@@H](c1cc(C(F)(F)F)ccc1Cl)N1CCNCC1.Cl.Cl. The molecule has 0 aliphatic carbocycles. The lowest BCUT2D eigenvalue weighted by Gasteiger charge is -2.36. The first-order valence-electron chi connectivity index (χ1n) is 8.25. The van der Waals surface area contributed by atoms with Crippen molar-refractivity contribution in [2.45, 2.75) is 44.8 Å². The third kappa shape index (κ3) is 7.14. The van der Waals surface area contributed by atoms with Crippen LogP contribution in [0.1, 0.15) is 49.8 Å². The maximum Gasteiger partial charge on any atom is 0.416 e. The van der Waals surface area contributed by atoms with E-state index in [9.17, 15) is 13.2 Å². The Morgan fingerprint density at radius 3 is 2.36 bits per heavy atom. The van der Waals surface area contributed by atoms with Crippen molar-refractivity contribution >= 4 is 36.4 Å². The fourth-order valence-electron chi connectivity index (χ4n) is 3.09. The maximum absolute atomic E-state index is 13.0. The van der Waals surface area contributed by atoms with Gasteiger partial charge in [0, 0.05) is 37.2 Å². The monoisotopic (exact) mass is 420 g/mol. The maximum atomic E-state index is 13.0. The van der Waals surface area contributed by atoms with E-state index in [1.54, 1.807) is 0 Å². The zero-order valence-electron chi connectivity index (χ0n) is 14.2. The van der Waals surface area contributed by atoms with Crippen LogP contribution in [-0.4, -0.2) is 31.1 Å². The third-order valence-corrected chi connectivity index (χ3v) is 4.70. The largest absolute Gasteiger partial charge is 0.416 e. The second kappa shape index (κ2) is 11.5. The van der Waals surface area contributed by atoms with Crippen molar-refractivity contribution in [1.29, 1.82) is 0 Å². The van der Waals surface area contributed by atoms with Crippen LogP contribution in [0.5, 0.6) is 0 Å². The van der Waals surface area contributed by atoms with Crippen LogP contribution < -0.4 is 5.32 Å². The second-order valence-corrected chi connectivity index (χ2v) is 6.44. The first kappa shape index (κ1) is 24.8. The summed E-state index contributed by atoms with van der Waals surface area (Å²) in [5, 5.41) is 3.71. The van der Waals surface area contributed by atoms with E-state index < -0.39 is 11.7 Å². The fraction of sp³-hybridized carbons (Fsp3) is 0.647. The van der Waals surface area contributed by atoms with Crippen molar-refractivity contribution in [2.75, 3.05) is 26.2 Å². The Morgan fingerprint density at radius 1 is 1.16 bits per heavy atom. The Labute approximate surface area is 165 Å². The van der Waals surface area contributed by atoms with Crippen molar-refractivity contribution in [2.24, 2.45) is 0 Å². The summed E-state index contributed by atoms with van der Waals surface area (Å²) >= 11 is 6.26. The van der Waals surface area contributed by atoms with Gasteiger partial charge in [0.2, 0.25) is 0 Å². The Hall–Kier alpha value is -0.200. The van der Waals surface area contributed by atoms with E-state index >= 15 is 0 Å². The zero-order chi connectivity index (χ0) is 16.9. The molecule has 1 aliphatic heterocycles. The van der Waals surface area contributed by atoms with E-state index in [1.165, 1.54) is 12.1 Å². The topological polar surface area (TPSA) is 15.3 Å². The number of hydrogen-bond donors (Lipinski definition) is 1. The molecule has 2 rings (SSSR count). The van der Waals surface area contributed by atoms with Crippen molar-refractivity contribution < 1.29 is 13.2 Å². The molecule has 1 aromatic carbocycles. The third-order valence-electron chi connectivity index (χ3n) is 4.36. The van der Waals surface area contributed by atoms with Crippen LogP contribution in [0.4, 0.5) is 13.2 Å². The molecule has 1 aromatic rings. The molecule has 0 saturated carbocycles. The number of halogens is 6. The van der Waals surface area contributed by atoms with E-state index in [0.717, 1.165) is 57.9 Å². The number of rotatable bonds is 6. The summed E-state index contributed by atoms with van der Waals surface area (Å²) in [7, 11) is 0. The van der Waals surface area contributed by atoms with E-state index in [1.807, 2.05) is 0 Å². The smallest absolute Gasteiger partial charge is 0.314 e. The molecular weight excluding hydrogens is 396 g/mol. The van der Waals surface area contributed by atoms with Gasteiger partial charge in [0.1, 0.15) is 0 Å². The molecule has 1 saturated heterocycles. The molecule has 1 heterocycles. The summed E-state index contributed by atoms with van der Waals surface area (Å²) in [6.45, 7) is 5.52. The molecule has 1 aliphatic rings. The molecule has 146 valence electrons. The van der Waals surface area contributed by atoms with E-state index in [-0.39, 0.29) is 30.9 Å². The molecule has 0 aromatic heterocycles. The molecule has 0 unspecified atom stereocenters. The van der Waals surface area contributed by atoms with Gasteiger partial charge in [-0.05, 0) is 30.2 Å². The van der Waals surface area contributed by atoms with Gasteiger partial charge in [-0.15, -0.1) is 24.8 Å². The number of nitrogens with one attached hydrogen (secondary N) is 1. The highest BCUT2D eigenvalue weighted by Gasteiger charge is 2.32. The van der Waals surface area contributed by atoms with E-state index in [2.05, 4.69) is 17.1 Å². The van der Waals surface area contributed by atoms with Gasteiger partial charge >= 0.3 is 6.18 Å². The van der Waals surface area contributed by atoms with Gasteiger partial charge in [0.05, 0.1) is 5.56 Å². The molecule has 1 fully saturated rings. The average molecular weight is 422 g/mol. The molecule has 8 heteroatoms. The Kier molecular flexibility index (Phi) is 11.4. The molecule has 2 nitrogen and oxygen atoms in total. The van der Waals surface area contributed by atoms with Crippen molar-refractivity contribution in [3.63, 3.8) is 0 Å². The highest BCUT2D eigenvalue weighted by molar-refractivity contribution is 6.31. The minimum Gasteiger partial charge on any atom is -0.314 e. The number of hydrogen-bond acceptors (Lipinski definition) is 2. The second-order valence-electron chi connectivity index (χ2n) is 6.03. The van der Waals surface area contributed by atoms with Gasteiger partial charge in [-0.25, -0.2) is 0 Å². The predicted molar refractivity (Wildman–Crippen MR) is 102 cm³/mol. The van der Waals surface area contributed by atoms with Gasteiger partial charge in [-0.1, -0.05) is 37.8 Å². The number of benzene rings is 1. The summed E-state index contributed by atoms with van der Waals surface area (Å²) in [6.07, 6.45) is -0.326. The van der Waals surface area contributed by atoms with Crippen molar-refractivity contribution in [3.05, 3.63) is 34.3 Å². The summed E-state index contributed by atoms with van der Waals surface area (Å²) in [6, 6.07) is 3.64. The fourth-order valence-corrected chi connectivity index (χ4v) is 3.34. The molecule has 0 amide bonds. The minimum absolute atomic E-state index is 0. The number of alkyl halides is 3. The summed E-state index contributed by atoms with van der Waals surface area (Å²) in [4.78, 5) is 2.26. The lowest BCUT2D eigenvalue weighted by Crippen LogP contribution is -2.45. The highest BCUT2D eigenvalue weighted by atomic mass is 35.5. The lowest BCUT2D eigenvalue weighted by molar-refractivity contribution is -0.137. The van der Waals surface area contributed by atoms with Crippen molar-refractivity contribution in [3.8, 4) is 0 Å². The van der Waals surface area contributed by atoms with Crippen LogP contribution in [0.2, 0.25) is 5.02 Å². The van der Waals surface area contributed by atoms with Crippen LogP contribution >= 0.6 is 36.4 Å². The first-order valence-corrected chi connectivity index (χ1v) is 8.62. The molecular formula is C17H26Cl3F3N2. The first-order chi connectivity index (χ1) is 10.9. The molecule has 1 atom stereocenters. The van der Waals surface area contributed by atoms with E-state index in [4.69, 9.17) is 11.6 Å². The van der Waals surface area contributed by atoms with E-state index in [0.29, 0.717) is 10.6 Å². The Bertz CT molecular complexity index is 506. The summed E-state index contributed by atoms with van der Waals surface area (Å²) in [5.41, 5.74) is -0.00739. The minimum atomic E-state index is -4.34. The predicted octanol–water partition coefficient (Wildman–Crippen LogP) is 5.73. The van der Waals surface area contributed by atoms with Crippen LogP contribution in [0.3, 0.4) is 0 Å². The van der Waals surface area contributed by atoms with Crippen LogP contribution in [0, 0.1) is 0 Å². The number of nitrogens with zero attached hydrogens (tertiary/aromatic N) is 1. The summed E-state index contributed by atoms with van der Waals surface area (Å²) < 4.78 is 39.1. The number of unbranched alkanes of at least 4 members (excludes halogenated alkanes) is 2. The molecule has 0 spiro atoms. The number of piperazine rings is 1. The van der Waals surface area contributed by atoms with Crippen molar-refractivity contribution in [1.82, 2.24) is 10.2 Å². The van der Waals surface area contributed by atoms with Crippen LogP contribution in [-0.2, 0) is 6.18 Å². The van der Waals surface area contributed by atoms with Crippen LogP contribution in [0.25, 0.3) is 0 Å². The molecule has 0 radical (unpaired) electrons. The molecule has 25 heavy (non-hydrogen) atoms. The van der Waals surface area contributed by atoms with Gasteiger partial charge in [-0.2, -0.15) is 13.2 Å². The highest BCUT2D eigenvalue weighted by Crippen LogP contribution is 2.37. The standard InChI is InChI=1S/C17H24ClF3N2.2ClH/c1-2-3-4-5-16(23-10-8-22-9-11-23)14-12-13(17(19,20)21)6-7-15(14)18;;/h6-7,12,16,22H,2-5,8-11H2,1H3;2*1H/t16-;;/m0../s1. The van der Waals surface area contributed by atoms with Gasteiger partial charge in [0.15, 0.2) is 0 Å². The molecule has 1 N–H and O–H groups in total. The quantitative estimate of drug-likeness (QED) is 0.590. The zero-order valence-corrected chi connectivity index (χ0v) is 16.6. The van der Waals surface area contributed by atoms with Crippen LogP contribution in [0.15, 0.2) is 18.2 Å². The molecule has 0 bridgehead atoms. The normalized spacial score (nSPS) is 16.7. The van der Waals surface area contributed by atoms with Gasteiger partial charge < -0.3 is 5.32 Å². The van der Waals surface area contributed by atoms with Gasteiger partial charge in [-0.3, -0.25) is 4.90 Å². The lowest BCUT2D eigenvalue weighted by atomic mass is 9.96. The summed E-state index contributed by atoms with van der Waals surface area (Å²) in [5.74, 6) is 0. The Balaban J connectivity index is 0.00000288.